The Labute approximate surface area is 124 Å². The molecule has 1 aromatic rings. The second-order valence-corrected chi connectivity index (χ2v) is 4.39. The van der Waals surface area contributed by atoms with E-state index >= 15 is 0 Å². The summed E-state index contributed by atoms with van der Waals surface area (Å²) in [6, 6.07) is 0.553. The van der Waals surface area contributed by atoms with Crippen molar-refractivity contribution in [2.24, 2.45) is 10.9 Å². The number of rotatable bonds is 4. The number of nitrogens with one attached hydrogen (secondary N) is 2. The fraction of sp³-hybridized carbons (Fsp3) is 0.727. The molecule has 2 rings (SSSR count). The van der Waals surface area contributed by atoms with Gasteiger partial charge in [-0.15, -0.1) is 24.0 Å². The Morgan fingerprint density at radius 3 is 2.78 bits per heavy atom. The first-order valence-corrected chi connectivity index (χ1v) is 6.03. The van der Waals surface area contributed by atoms with Gasteiger partial charge in [0.25, 0.3) is 0 Å². The highest BCUT2D eigenvalue weighted by atomic mass is 127. The Balaban J connectivity index is 0.00000162. The highest BCUT2D eigenvalue weighted by Gasteiger charge is 2.33. The van der Waals surface area contributed by atoms with E-state index in [1.54, 1.807) is 6.92 Å². The zero-order valence-corrected chi connectivity index (χ0v) is 13.3. The monoisotopic (exact) mass is 365 g/mol. The number of guanidine groups is 1. The highest BCUT2D eigenvalue weighted by molar-refractivity contribution is 14.0. The van der Waals surface area contributed by atoms with E-state index in [0.29, 0.717) is 24.3 Å². The standard InChI is InChI=1S/C11H19N5O.HI/c1-4-12-11(15-9-5-7(9)2)13-6-10-14-8(3)16-17-10;/h7,9H,4-6H2,1-3H3,(H2,12,13,15);1H. The minimum Gasteiger partial charge on any atom is -0.357 e. The van der Waals surface area contributed by atoms with Gasteiger partial charge in [-0.2, -0.15) is 4.98 Å². The SMILES string of the molecule is CCNC(=NCc1nc(C)no1)NC1CC1C.I. The quantitative estimate of drug-likeness (QED) is 0.480. The summed E-state index contributed by atoms with van der Waals surface area (Å²) in [5, 5.41) is 10.3. The molecule has 2 atom stereocenters. The molecule has 1 heterocycles. The van der Waals surface area contributed by atoms with Crippen molar-refractivity contribution in [3.8, 4) is 0 Å². The van der Waals surface area contributed by atoms with E-state index in [1.807, 2.05) is 6.92 Å². The van der Waals surface area contributed by atoms with Crippen molar-refractivity contribution < 1.29 is 4.52 Å². The molecule has 2 unspecified atom stereocenters. The molecule has 1 saturated carbocycles. The van der Waals surface area contributed by atoms with Gasteiger partial charge in [0.15, 0.2) is 11.8 Å². The van der Waals surface area contributed by atoms with E-state index < -0.39 is 0 Å². The van der Waals surface area contributed by atoms with Crippen LogP contribution in [0.2, 0.25) is 0 Å². The van der Waals surface area contributed by atoms with Crippen LogP contribution in [-0.2, 0) is 6.54 Å². The van der Waals surface area contributed by atoms with Gasteiger partial charge in [-0.05, 0) is 26.2 Å². The summed E-state index contributed by atoms with van der Waals surface area (Å²) in [6.45, 7) is 7.33. The first-order chi connectivity index (χ1) is 8.19. The normalized spacial score (nSPS) is 22.3. The average Bonchev–Trinajstić information content (AvgIpc) is 2.81. The molecule has 1 fully saturated rings. The number of aromatic nitrogens is 2. The molecular weight excluding hydrogens is 345 g/mol. The average molecular weight is 365 g/mol. The molecule has 18 heavy (non-hydrogen) atoms. The molecule has 102 valence electrons. The Morgan fingerprint density at radius 1 is 1.56 bits per heavy atom. The van der Waals surface area contributed by atoms with Crippen LogP contribution in [0.4, 0.5) is 0 Å². The highest BCUT2D eigenvalue weighted by Crippen LogP contribution is 2.28. The van der Waals surface area contributed by atoms with Crippen LogP contribution in [0.1, 0.15) is 32.0 Å². The van der Waals surface area contributed by atoms with E-state index in [9.17, 15) is 0 Å². The van der Waals surface area contributed by atoms with Crippen molar-refractivity contribution in [1.29, 1.82) is 0 Å². The van der Waals surface area contributed by atoms with Crippen molar-refractivity contribution in [2.75, 3.05) is 6.54 Å². The van der Waals surface area contributed by atoms with E-state index in [2.05, 4.69) is 32.7 Å². The molecule has 0 saturated heterocycles. The predicted molar refractivity (Wildman–Crippen MR) is 80.0 cm³/mol. The largest absolute Gasteiger partial charge is 0.357 e. The third kappa shape index (κ3) is 4.43. The fourth-order valence-corrected chi connectivity index (χ4v) is 1.57. The molecule has 2 N–H and O–H groups in total. The topological polar surface area (TPSA) is 75.3 Å². The number of aliphatic imine (C=N–C) groups is 1. The van der Waals surface area contributed by atoms with Crippen molar-refractivity contribution in [2.45, 2.75) is 39.8 Å². The molecule has 1 aliphatic carbocycles. The predicted octanol–water partition coefficient (Wildman–Crippen LogP) is 1.46. The van der Waals surface area contributed by atoms with Crippen LogP contribution in [0.5, 0.6) is 0 Å². The van der Waals surface area contributed by atoms with Gasteiger partial charge in [-0.25, -0.2) is 4.99 Å². The Bertz CT molecular complexity index is 406. The lowest BCUT2D eigenvalue weighted by Crippen LogP contribution is -2.39. The van der Waals surface area contributed by atoms with E-state index in [-0.39, 0.29) is 24.0 Å². The molecule has 0 aliphatic heterocycles. The summed E-state index contributed by atoms with van der Waals surface area (Å²) in [4.78, 5) is 8.52. The number of hydrogen-bond donors (Lipinski definition) is 2. The van der Waals surface area contributed by atoms with Crippen LogP contribution in [0.3, 0.4) is 0 Å². The van der Waals surface area contributed by atoms with Crippen molar-refractivity contribution in [1.82, 2.24) is 20.8 Å². The lowest BCUT2D eigenvalue weighted by atomic mass is 10.5. The first-order valence-electron chi connectivity index (χ1n) is 6.03. The van der Waals surface area contributed by atoms with Crippen molar-refractivity contribution >= 4 is 29.9 Å². The Hall–Kier alpha value is -0.860. The maximum atomic E-state index is 5.01. The van der Waals surface area contributed by atoms with E-state index in [1.165, 1.54) is 6.42 Å². The second-order valence-electron chi connectivity index (χ2n) is 4.39. The van der Waals surface area contributed by atoms with Crippen molar-refractivity contribution in [3.63, 3.8) is 0 Å². The number of halogens is 1. The number of aryl methyl sites for hydroxylation is 1. The summed E-state index contributed by atoms with van der Waals surface area (Å²) in [5.74, 6) is 2.75. The van der Waals surface area contributed by atoms with Gasteiger partial charge in [0.1, 0.15) is 6.54 Å². The summed E-state index contributed by atoms with van der Waals surface area (Å²) in [6.07, 6.45) is 1.21. The van der Waals surface area contributed by atoms with Gasteiger partial charge >= 0.3 is 0 Å². The maximum Gasteiger partial charge on any atom is 0.248 e. The van der Waals surface area contributed by atoms with Gasteiger partial charge < -0.3 is 15.2 Å². The molecule has 1 aromatic heterocycles. The molecule has 7 heteroatoms. The second kappa shape index (κ2) is 6.91. The summed E-state index contributed by atoms with van der Waals surface area (Å²) in [5.41, 5.74) is 0. The minimum absolute atomic E-state index is 0. The lowest BCUT2D eigenvalue weighted by molar-refractivity contribution is 0.376. The molecule has 0 radical (unpaired) electrons. The maximum absolute atomic E-state index is 5.01. The fourth-order valence-electron chi connectivity index (χ4n) is 1.57. The van der Waals surface area contributed by atoms with Crippen LogP contribution in [0, 0.1) is 12.8 Å². The first kappa shape index (κ1) is 15.2. The van der Waals surface area contributed by atoms with Gasteiger partial charge in [0.2, 0.25) is 5.89 Å². The summed E-state index contributed by atoms with van der Waals surface area (Å²) in [7, 11) is 0. The smallest absolute Gasteiger partial charge is 0.248 e. The number of nitrogens with zero attached hydrogens (tertiary/aromatic N) is 3. The van der Waals surface area contributed by atoms with Crippen LogP contribution in [-0.4, -0.2) is 28.7 Å². The van der Waals surface area contributed by atoms with E-state index in [4.69, 9.17) is 4.52 Å². The minimum atomic E-state index is 0. The summed E-state index contributed by atoms with van der Waals surface area (Å²) >= 11 is 0. The van der Waals surface area contributed by atoms with E-state index in [0.717, 1.165) is 18.4 Å². The Kier molecular flexibility index (Phi) is 5.83. The number of hydrogen-bond acceptors (Lipinski definition) is 4. The molecule has 0 amide bonds. The van der Waals surface area contributed by atoms with Gasteiger partial charge in [-0.1, -0.05) is 12.1 Å². The van der Waals surface area contributed by atoms with Gasteiger partial charge in [0, 0.05) is 12.6 Å². The van der Waals surface area contributed by atoms with Gasteiger partial charge in [0.05, 0.1) is 0 Å². The van der Waals surface area contributed by atoms with Crippen LogP contribution < -0.4 is 10.6 Å². The van der Waals surface area contributed by atoms with Crippen LogP contribution >= 0.6 is 24.0 Å². The van der Waals surface area contributed by atoms with Crippen LogP contribution in [0.25, 0.3) is 0 Å². The molecule has 0 aromatic carbocycles. The Morgan fingerprint density at radius 2 is 2.28 bits per heavy atom. The third-order valence-electron chi connectivity index (χ3n) is 2.72. The molecule has 1 aliphatic rings. The zero-order chi connectivity index (χ0) is 12.3. The molecule has 0 spiro atoms. The third-order valence-corrected chi connectivity index (χ3v) is 2.72. The zero-order valence-electron chi connectivity index (χ0n) is 10.9. The molecule has 0 bridgehead atoms. The lowest BCUT2D eigenvalue weighted by Gasteiger charge is -2.09. The van der Waals surface area contributed by atoms with Crippen LogP contribution in [0.15, 0.2) is 9.52 Å². The molecular formula is C11H20IN5O. The molecule has 6 nitrogen and oxygen atoms in total. The van der Waals surface area contributed by atoms with Crippen molar-refractivity contribution in [3.05, 3.63) is 11.7 Å². The van der Waals surface area contributed by atoms with Gasteiger partial charge in [-0.3, -0.25) is 0 Å². The summed E-state index contributed by atoms with van der Waals surface area (Å²) < 4.78 is 5.01.